The Kier molecular flexibility index (Phi) is 6.68. The van der Waals surface area contributed by atoms with Gasteiger partial charge in [0.2, 0.25) is 0 Å². The van der Waals surface area contributed by atoms with Gasteiger partial charge in [0.05, 0.1) is 11.1 Å². The quantitative estimate of drug-likeness (QED) is 0.587. The van der Waals surface area contributed by atoms with Crippen LogP contribution in [0.5, 0.6) is 5.75 Å². The van der Waals surface area contributed by atoms with Crippen molar-refractivity contribution < 1.29 is 13.9 Å². The number of hydrogen-bond donors (Lipinski definition) is 1. The molecule has 0 radical (unpaired) electrons. The van der Waals surface area contributed by atoms with Crippen LogP contribution in [0.3, 0.4) is 0 Å². The monoisotopic (exact) mass is 350 g/mol. The zero-order valence-electron chi connectivity index (χ0n) is 13.5. The lowest BCUT2D eigenvalue weighted by atomic mass is 10.3. The van der Waals surface area contributed by atoms with Gasteiger partial charge in [-0.2, -0.15) is 5.10 Å². The van der Waals surface area contributed by atoms with Crippen molar-refractivity contribution in [2.45, 2.75) is 13.8 Å². The molecule has 1 N–H and O–H groups in total. The van der Waals surface area contributed by atoms with Crippen LogP contribution in [0.15, 0.2) is 35.6 Å². The van der Waals surface area contributed by atoms with Crippen LogP contribution in [0.1, 0.15) is 18.7 Å². The number of hydrazone groups is 1. The fourth-order valence-corrected chi connectivity index (χ4v) is 2.80. The number of nitrogens with one attached hydrogen (secondary N) is 1. The Morgan fingerprint density at radius 1 is 1.46 bits per heavy atom. The molecule has 1 amide bonds. The van der Waals surface area contributed by atoms with Crippen molar-refractivity contribution in [3.63, 3.8) is 0 Å². The molecule has 0 unspecified atom stereocenters. The van der Waals surface area contributed by atoms with E-state index in [9.17, 15) is 9.18 Å². The third-order valence-corrected chi connectivity index (χ3v) is 4.09. The third kappa shape index (κ3) is 5.31. The van der Waals surface area contributed by atoms with Crippen molar-refractivity contribution in [1.29, 1.82) is 0 Å². The largest absolute Gasteiger partial charge is 0.484 e. The minimum absolute atomic E-state index is 0.242. The van der Waals surface area contributed by atoms with Gasteiger partial charge in [0.15, 0.2) is 11.7 Å². The summed E-state index contributed by atoms with van der Waals surface area (Å²) in [7, 11) is 0. The van der Waals surface area contributed by atoms with Crippen LogP contribution in [0.25, 0.3) is 0 Å². The Labute approximate surface area is 144 Å². The number of rotatable bonds is 8. The van der Waals surface area contributed by atoms with Gasteiger partial charge in [-0.05, 0) is 26.0 Å². The Bertz CT molecular complexity index is 701. The number of hydrogen-bond acceptors (Lipinski definition) is 6. The van der Waals surface area contributed by atoms with Crippen molar-refractivity contribution in [2.24, 2.45) is 5.10 Å². The molecular weight excluding hydrogens is 331 g/mol. The molecule has 0 saturated carbocycles. The van der Waals surface area contributed by atoms with E-state index < -0.39 is 11.7 Å². The topological polar surface area (TPSA) is 66.8 Å². The first-order chi connectivity index (χ1) is 11.6. The summed E-state index contributed by atoms with van der Waals surface area (Å²) in [6.45, 7) is 5.66. The van der Waals surface area contributed by atoms with E-state index >= 15 is 0 Å². The van der Waals surface area contributed by atoms with Gasteiger partial charge >= 0.3 is 0 Å². The molecule has 1 aromatic heterocycles. The maximum atomic E-state index is 13.0. The van der Waals surface area contributed by atoms with Crippen LogP contribution >= 0.6 is 11.3 Å². The molecule has 2 aromatic rings. The van der Waals surface area contributed by atoms with Crippen LogP contribution in [0.2, 0.25) is 0 Å². The Morgan fingerprint density at radius 2 is 2.25 bits per heavy atom. The molecule has 0 spiro atoms. The average Bonchev–Trinajstić information content (AvgIpc) is 3.03. The third-order valence-electron chi connectivity index (χ3n) is 3.09. The maximum Gasteiger partial charge on any atom is 0.277 e. The minimum Gasteiger partial charge on any atom is -0.484 e. The average molecular weight is 350 g/mol. The van der Waals surface area contributed by atoms with Crippen LogP contribution in [0.4, 0.5) is 9.52 Å². The molecule has 6 nitrogen and oxygen atoms in total. The van der Waals surface area contributed by atoms with Crippen LogP contribution in [-0.4, -0.2) is 36.8 Å². The fraction of sp³-hybridized carbons (Fsp3) is 0.312. The van der Waals surface area contributed by atoms with Crippen LogP contribution < -0.4 is 15.1 Å². The molecule has 1 aromatic carbocycles. The number of benzene rings is 1. The summed E-state index contributed by atoms with van der Waals surface area (Å²) in [5.74, 6) is -0.551. The van der Waals surface area contributed by atoms with E-state index in [0.717, 1.165) is 23.1 Å². The van der Waals surface area contributed by atoms with E-state index in [1.807, 2.05) is 0 Å². The van der Waals surface area contributed by atoms with Gasteiger partial charge in [-0.15, -0.1) is 0 Å². The minimum atomic E-state index is -0.427. The van der Waals surface area contributed by atoms with Gasteiger partial charge < -0.3 is 9.64 Å². The van der Waals surface area contributed by atoms with Gasteiger partial charge in [0.25, 0.3) is 5.91 Å². The summed E-state index contributed by atoms with van der Waals surface area (Å²) in [5.41, 5.74) is 2.36. The molecule has 0 saturated heterocycles. The number of thiazole rings is 1. The molecule has 1 heterocycles. The predicted octanol–water partition coefficient (Wildman–Crippen LogP) is 2.66. The number of nitrogens with zero attached hydrogens (tertiary/aromatic N) is 3. The molecule has 0 aliphatic rings. The van der Waals surface area contributed by atoms with Gasteiger partial charge in [0.1, 0.15) is 11.6 Å². The van der Waals surface area contributed by atoms with Crippen molar-refractivity contribution in [2.75, 3.05) is 24.6 Å². The first kappa shape index (κ1) is 17.9. The first-order valence-corrected chi connectivity index (χ1v) is 8.35. The lowest BCUT2D eigenvalue weighted by molar-refractivity contribution is -0.123. The SMILES string of the molecule is CCN(CC)c1ncc(/C=N\NC(=O)COc2cccc(F)c2)s1. The molecule has 0 aliphatic heterocycles. The summed E-state index contributed by atoms with van der Waals surface area (Å²) in [5, 5.41) is 4.79. The molecule has 2 rings (SSSR count). The van der Waals surface area contributed by atoms with Gasteiger partial charge in [-0.3, -0.25) is 4.79 Å². The Hall–Kier alpha value is -2.48. The lowest BCUT2D eigenvalue weighted by Crippen LogP contribution is -2.24. The highest BCUT2D eigenvalue weighted by Crippen LogP contribution is 2.20. The zero-order valence-corrected chi connectivity index (χ0v) is 14.3. The highest BCUT2D eigenvalue weighted by atomic mass is 32.1. The number of anilines is 1. The zero-order chi connectivity index (χ0) is 17.4. The summed E-state index contributed by atoms with van der Waals surface area (Å²) < 4.78 is 18.2. The Balaban J connectivity index is 1.80. The lowest BCUT2D eigenvalue weighted by Gasteiger charge is -2.16. The second-order valence-corrected chi connectivity index (χ2v) is 5.80. The van der Waals surface area contributed by atoms with Gasteiger partial charge in [-0.25, -0.2) is 14.8 Å². The van der Waals surface area contributed by atoms with E-state index in [2.05, 4.69) is 34.3 Å². The second-order valence-electron chi connectivity index (χ2n) is 4.76. The first-order valence-electron chi connectivity index (χ1n) is 7.53. The summed E-state index contributed by atoms with van der Waals surface area (Å²) in [4.78, 5) is 18.9. The Morgan fingerprint density at radius 3 is 2.96 bits per heavy atom. The van der Waals surface area contributed by atoms with Gasteiger partial charge in [0, 0.05) is 25.4 Å². The molecular formula is C16H19FN4O2S. The standard InChI is InChI=1S/C16H19FN4O2S/c1-3-21(4-2)16-18-9-14(24-16)10-19-20-15(22)11-23-13-7-5-6-12(17)8-13/h5-10H,3-4,11H2,1-2H3,(H,20,22)/b19-10-. The highest BCUT2D eigenvalue weighted by molar-refractivity contribution is 7.17. The summed E-state index contributed by atoms with van der Waals surface area (Å²) >= 11 is 1.49. The van der Waals surface area contributed by atoms with Crippen LogP contribution in [-0.2, 0) is 4.79 Å². The number of carbonyl (C=O) groups is 1. The maximum absolute atomic E-state index is 13.0. The second kappa shape index (κ2) is 8.97. The summed E-state index contributed by atoms with van der Waals surface area (Å²) in [6, 6.07) is 5.60. The smallest absolute Gasteiger partial charge is 0.277 e. The van der Waals surface area contributed by atoms with E-state index in [-0.39, 0.29) is 6.61 Å². The number of ether oxygens (including phenoxy) is 1. The molecule has 8 heteroatoms. The summed E-state index contributed by atoms with van der Waals surface area (Å²) in [6.07, 6.45) is 3.24. The van der Waals surface area contributed by atoms with Crippen molar-refractivity contribution in [3.05, 3.63) is 41.2 Å². The van der Waals surface area contributed by atoms with Crippen molar-refractivity contribution in [3.8, 4) is 5.75 Å². The molecule has 0 bridgehead atoms. The molecule has 128 valence electrons. The van der Waals surface area contributed by atoms with Crippen molar-refractivity contribution >= 4 is 28.6 Å². The van der Waals surface area contributed by atoms with Crippen molar-refractivity contribution in [1.82, 2.24) is 10.4 Å². The molecule has 0 atom stereocenters. The van der Waals surface area contributed by atoms with E-state index in [4.69, 9.17) is 4.74 Å². The fourth-order valence-electron chi connectivity index (χ4n) is 1.88. The molecule has 0 aliphatic carbocycles. The predicted molar refractivity (Wildman–Crippen MR) is 93.3 cm³/mol. The normalized spacial score (nSPS) is 10.8. The van der Waals surface area contributed by atoms with E-state index in [1.54, 1.807) is 12.3 Å². The number of carbonyl (C=O) groups excluding carboxylic acids is 1. The number of halogens is 1. The van der Waals surface area contributed by atoms with E-state index in [1.165, 1.54) is 35.8 Å². The molecule has 24 heavy (non-hydrogen) atoms. The number of amides is 1. The van der Waals surface area contributed by atoms with Crippen LogP contribution in [0, 0.1) is 5.82 Å². The molecule has 0 fully saturated rings. The highest BCUT2D eigenvalue weighted by Gasteiger charge is 2.06. The van der Waals surface area contributed by atoms with Gasteiger partial charge in [-0.1, -0.05) is 17.4 Å². The number of aromatic nitrogens is 1. The van der Waals surface area contributed by atoms with E-state index in [0.29, 0.717) is 5.75 Å².